The first kappa shape index (κ1) is 14.1. The molecular weight excluding hydrogens is 289 g/mol. The van der Waals surface area contributed by atoms with Gasteiger partial charge in [0.2, 0.25) is 0 Å². The number of hydrogen-bond acceptors (Lipinski definition) is 4. The van der Waals surface area contributed by atoms with Crippen LogP contribution in [0.5, 0.6) is 0 Å². The zero-order valence-corrected chi connectivity index (χ0v) is 11.6. The molecule has 22 heavy (non-hydrogen) atoms. The molecule has 1 aromatic carbocycles. The highest BCUT2D eigenvalue weighted by atomic mass is 19.1. The summed E-state index contributed by atoms with van der Waals surface area (Å²) < 4.78 is 14.2. The van der Waals surface area contributed by atoms with Crippen LogP contribution in [0.2, 0.25) is 0 Å². The third kappa shape index (κ3) is 2.11. The van der Waals surface area contributed by atoms with Gasteiger partial charge in [0.05, 0.1) is 11.9 Å². The molecule has 0 amide bonds. The molecule has 0 spiro atoms. The average Bonchev–Trinajstić information content (AvgIpc) is 2.46. The molecule has 2 atom stereocenters. The normalized spacial score (nSPS) is 20.2. The summed E-state index contributed by atoms with van der Waals surface area (Å²) in [6.07, 6.45) is 1.19. The number of fused-ring (bicyclic) bond motifs is 1. The minimum atomic E-state index is -1.16. The Morgan fingerprint density at radius 1 is 1.36 bits per heavy atom. The summed E-state index contributed by atoms with van der Waals surface area (Å²) in [5, 5.41) is 9.51. The maximum atomic E-state index is 14.2. The quantitative estimate of drug-likeness (QED) is 0.884. The molecule has 112 valence electrons. The van der Waals surface area contributed by atoms with Gasteiger partial charge in [0, 0.05) is 11.6 Å². The van der Waals surface area contributed by atoms with Gasteiger partial charge in [0.1, 0.15) is 11.7 Å². The second-order valence-corrected chi connectivity index (χ2v) is 5.04. The fourth-order valence-electron chi connectivity index (χ4n) is 2.80. The first-order valence-electron chi connectivity index (χ1n) is 6.60. The molecule has 0 aliphatic carbocycles. The van der Waals surface area contributed by atoms with Gasteiger partial charge in [0.25, 0.3) is 5.56 Å². The van der Waals surface area contributed by atoms with E-state index >= 15 is 0 Å². The Labute approximate surface area is 124 Å². The Morgan fingerprint density at radius 3 is 2.77 bits per heavy atom. The van der Waals surface area contributed by atoms with E-state index in [0.29, 0.717) is 0 Å². The summed E-state index contributed by atoms with van der Waals surface area (Å²) in [6.45, 7) is 1.54. The summed E-state index contributed by atoms with van der Waals surface area (Å²) in [6, 6.07) is 5.82. The van der Waals surface area contributed by atoms with Gasteiger partial charge >= 0.3 is 5.97 Å². The number of hydrogen-bond donors (Lipinski definition) is 2. The van der Waals surface area contributed by atoms with Crippen LogP contribution in [0.3, 0.4) is 0 Å². The van der Waals surface area contributed by atoms with Gasteiger partial charge in [-0.05, 0) is 18.6 Å². The fraction of sp³-hybridized carbons (Fsp3) is 0.200. The van der Waals surface area contributed by atoms with E-state index in [-0.39, 0.29) is 22.7 Å². The van der Waals surface area contributed by atoms with Crippen molar-refractivity contribution in [3.63, 3.8) is 0 Å². The highest BCUT2D eigenvalue weighted by Crippen LogP contribution is 2.40. The van der Waals surface area contributed by atoms with Crippen LogP contribution in [0.1, 0.15) is 24.0 Å². The van der Waals surface area contributed by atoms with Crippen LogP contribution in [0.4, 0.5) is 10.2 Å². The number of carboxylic acid groups (broad SMARTS) is 1. The number of aliphatic imine (C=N–C) groups is 1. The van der Waals surface area contributed by atoms with Gasteiger partial charge < -0.3 is 10.1 Å². The number of H-pyrrole nitrogens is 1. The van der Waals surface area contributed by atoms with Gasteiger partial charge in [-0.3, -0.25) is 9.59 Å². The second-order valence-electron chi connectivity index (χ2n) is 5.04. The molecule has 7 heteroatoms. The van der Waals surface area contributed by atoms with Crippen molar-refractivity contribution in [3.05, 3.63) is 57.9 Å². The number of nitrogens with one attached hydrogen (secondary N) is 1. The lowest BCUT2D eigenvalue weighted by Gasteiger charge is -2.28. The first-order valence-corrected chi connectivity index (χ1v) is 6.60. The van der Waals surface area contributed by atoms with Gasteiger partial charge in [-0.1, -0.05) is 18.2 Å². The Morgan fingerprint density at radius 2 is 2.09 bits per heavy atom. The minimum Gasteiger partial charge on any atom is -0.481 e. The van der Waals surface area contributed by atoms with Gasteiger partial charge in [-0.25, -0.2) is 14.4 Å². The molecule has 2 N–H and O–H groups in total. The van der Waals surface area contributed by atoms with Gasteiger partial charge in [-0.2, -0.15) is 0 Å². The first-order chi connectivity index (χ1) is 10.5. The molecule has 0 saturated carbocycles. The van der Waals surface area contributed by atoms with Crippen molar-refractivity contribution in [2.45, 2.75) is 12.8 Å². The number of aromatic amines is 1. The highest BCUT2D eigenvalue weighted by molar-refractivity contribution is 6.04. The highest BCUT2D eigenvalue weighted by Gasteiger charge is 2.40. The molecule has 1 aliphatic rings. The maximum Gasteiger partial charge on any atom is 0.313 e. The molecule has 0 radical (unpaired) electrons. The van der Waals surface area contributed by atoms with Gasteiger partial charge in [0.15, 0.2) is 5.82 Å². The molecular formula is C15H12FN3O3. The zero-order chi connectivity index (χ0) is 15.9. The van der Waals surface area contributed by atoms with E-state index in [0.717, 1.165) is 0 Å². The van der Waals surface area contributed by atoms with Crippen molar-refractivity contribution in [1.82, 2.24) is 9.97 Å². The standard InChI is InChI=1S/C15H12FN3O3/c1-7-10(15(21)22)11(8-4-2-3-5-9(8)16)12-13(19-7)17-6-18-14(12)20/h2-6,10-11H,1H3,(H,21,22)(H,17,18,20). The number of aromatic nitrogens is 2. The van der Waals surface area contributed by atoms with Crippen molar-refractivity contribution in [3.8, 4) is 0 Å². The van der Waals surface area contributed by atoms with Crippen LogP contribution in [-0.2, 0) is 4.79 Å². The number of carboxylic acids is 1. The Balaban J connectivity index is 2.34. The van der Waals surface area contributed by atoms with E-state index in [1.165, 1.54) is 24.5 Å². The number of aliphatic carboxylic acids is 1. The molecule has 0 fully saturated rings. The third-order valence-corrected chi connectivity index (χ3v) is 3.75. The van der Waals surface area contributed by atoms with Crippen molar-refractivity contribution in [2.24, 2.45) is 10.9 Å². The van der Waals surface area contributed by atoms with Crippen LogP contribution < -0.4 is 5.56 Å². The van der Waals surface area contributed by atoms with Gasteiger partial charge in [-0.15, -0.1) is 0 Å². The summed E-state index contributed by atoms with van der Waals surface area (Å²) in [5.74, 6) is -3.68. The summed E-state index contributed by atoms with van der Waals surface area (Å²) >= 11 is 0. The number of halogens is 1. The Hall–Kier alpha value is -2.83. The summed E-state index contributed by atoms with van der Waals surface area (Å²) in [5.41, 5.74) is -0.0124. The predicted molar refractivity (Wildman–Crippen MR) is 77.0 cm³/mol. The van der Waals surface area contributed by atoms with E-state index in [1.54, 1.807) is 13.0 Å². The van der Waals surface area contributed by atoms with E-state index in [2.05, 4.69) is 15.0 Å². The number of benzene rings is 1. The molecule has 2 aromatic rings. The van der Waals surface area contributed by atoms with E-state index in [1.807, 2.05) is 0 Å². The zero-order valence-electron chi connectivity index (χ0n) is 11.6. The number of rotatable bonds is 2. The molecule has 0 saturated heterocycles. The van der Waals surface area contributed by atoms with Crippen molar-refractivity contribution < 1.29 is 14.3 Å². The molecule has 1 aliphatic heterocycles. The summed E-state index contributed by atoms with van der Waals surface area (Å²) in [4.78, 5) is 34.3. The minimum absolute atomic E-state index is 0.0746. The molecule has 2 unspecified atom stereocenters. The summed E-state index contributed by atoms with van der Waals surface area (Å²) in [7, 11) is 0. The fourth-order valence-corrected chi connectivity index (χ4v) is 2.80. The second kappa shape index (κ2) is 5.18. The molecule has 2 heterocycles. The van der Waals surface area contributed by atoms with Crippen molar-refractivity contribution in [1.29, 1.82) is 0 Å². The monoisotopic (exact) mass is 301 g/mol. The van der Waals surface area contributed by atoms with Crippen molar-refractivity contribution >= 4 is 17.5 Å². The lowest BCUT2D eigenvalue weighted by atomic mass is 9.77. The average molecular weight is 301 g/mol. The largest absolute Gasteiger partial charge is 0.481 e. The van der Waals surface area contributed by atoms with E-state index < -0.39 is 29.2 Å². The topological polar surface area (TPSA) is 95.4 Å². The van der Waals surface area contributed by atoms with Crippen LogP contribution >= 0.6 is 0 Å². The van der Waals surface area contributed by atoms with Crippen LogP contribution in [-0.4, -0.2) is 26.8 Å². The Kier molecular flexibility index (Phi) is 3.32. The molecule has 3 rings (SSSR count). The van der Waals surface area contributed by atoms with E-state index in [4.69, 9.17) is 0 Å². The molecule has 1 aromatic heterocycles. The van der Waals surface area contributed by atoms with Crippen LogP contribution in [0.15, 0.2) is 40.4 Å². The van der Waals surface area contributed by atoms with Crippen LogP contribution in [0.25, 0.3) is 0 Å². The molecule has 6 nitrogen and oxygen atoms in total. The SMILES string of the molecule is CC1=Nc2nc[nH]c(=O)c2C(c2ccccc2F)C1C(=O)O. The predicted octanol–water partition coefficient (Wildman–Crippen LogP) is 1.85. The maximum absolute atomic E-state index is 14.2. The smallest absolute Gasteiger partial charge is 0.313 e. The Bertz CT molecular complexity index is 844. The lowest BCUT2D eigenvalue weighted by molar-refractivity contribution is -0.139. The van der Waals surface area contributed by atoms with E-state index in [9.17, 15) is 19.1 Å². The molecule has 0 bridgehead atoms. The van der Waals surface area contributed by atoms with Crippen LogP contribution in [0, 0.1) is 11.7 Å². The third-order valence-electron chi connectivity index (χ3n) is 3.75. The lowest BCUT2D eigenvalue weighted by Crippen LogP contribution is -2.35. The van der Waals surface area contributed by atoms with Crippen molar-refractivity contribution in [2.75, 3.05) is 0 Å². The number of carbonyl (C=O) groups is 1. The number of nitrogens with zero attached hydrogens (tertiary/aromatic N) is 2.